The Hall–Kier alpha value is -0.830. The molecule has 0 aromatic heterocycles. The van der Waals surface area contributed by atoms with Crippen LogP contribution in [0.25, 0.3) is 0 Å². The minimum absolute atomic E-state index is 0.0225. The van der Waals surface area contributed by atoms with Crippen LogP contribution < -0.4 is 0 Å². The Labute approximate surface area is 101 Å². The molecule has 0 radical (unpaired) electrons. The number of hydrogen-bond acceptors (Lipinski definition) is 3. The fourth-order valence-corrected chi connectivity index (χ4v) is 2.27. The summed E-state index contributed by atoms with van der Waals surface area (Å²) >= 11 is 1.47. The Morgan fingerprint density at radius 3 is 2.25 bits per heavy atom. The van der Waals surface area contributed by atoms with Crippen LogP contribution in [0.3, 0.4) is 0 Å². The molecule has 3 heteroatoms. The van der Waals surface area contributed by atoms with E-state index in [9.17, 15) is 9.59 Å². The topological polar surface area (TPSA) is 34.1 Å². The Bertz CT molecular complexity index is 370. The van der Waals surface area contributed by atoms with Crippen molar-refractivity contribution in [2.75, 3.05) is 5.75 Å². The molecule has 0 fully saturated rings. The number of thioether (sulfide) groups is 1. The van der Waals surface area contributed by atoms with Gasteiger partial charge < -0.3 is 0 Å². The van der Waals surface area contributed by atoms with Crippen molar-refractivity contribution in [1.82, 2.24) is 0 Å². The van der Waals surface area contributed by atoms with Gasteiger partial charge in [-0.25, -0.2) is 0 Å². The molecule has 0 spiro atoms. The van der Waals surface area contributed by atoms with Crippen molar-refractivity contribution in [2.45, 2.75) is 34.1 Å². The van der Waals surface area contributed by atoms with E-state index < -0.39 is 0 Å². The molecule has 1 aliphatic carbocycles. The predicted octanol–water partition coefficient (Wildman–Crippen LogP) is 3.14. The van der Waals surface area contributed by atoms with Crippen molar-refractivity contribution >= 4 is 23.3 Å². The molecule has 0 saturated heterocycles. The van der Waals surface area contributed by atoms with Crippen LogP contribution in [0.5, 0.6) is 0 Å². The maximum atomic E-state index is 11.8. The molecule has 0 unspecified atom stereocenters. The van der Waals surface area contributed by atoms with Crippen LogP contribution >= 0.6 is 11.8 Å². The molecule has 16 heavy (non-hydrogen) atoms. The Morgan fingerprint density at radius 2 is 1.75 bits per heavy atom. The zero-order valence-corrected chi connectivity index (χ0v) is 11.1. The summed E-state index contributed by atoms with van der Waals surface area (Å²) in [5.74, 6) is 0.831. The lowest BCUT2D eigenvalue weighted by molar-refractivity contribution is -0.115. The Balaban J connectivity index is 2.88. The molecule has 0 atom stereocenters. The normalized spacial score (nSPS) is 17.2. The highest BCUT2D eigenvalue weighted by Crippen LogP contribution is 2.32. The molecule has 88 valence electrons. The van der Waals surface area contributed by atoms with E-state index in [1.54, 1.807) is 0 Å². The van der Waals surface area contributed by atoms with Crippen LogP contribution in [0, 0.1) is 5.41 Å². The van der Waals surface area contributed by atoms with Gasteiger partial charge in [0.05, 0.1) is 4.91 Å². The largest absolute Gasteiger partial charge is 0.290 e. The van der Waals surface area contributed by atoms with Gasteiger partial charge in [0.25, 0.3) is 0 Å². The van der Waals surface area contributed by atoms with Gasteiger partial charge in [-0.2, -0.15) is 0 Å². The van der Waals surface area contributed by atoms with Crippen molar-refractivity contribution in [3.05, 3.63) is 22.6 Å². The zero-order chi connectivity index (χ0) is 12.3. The van der Waals surface area contributed by atoms with Crippen LogP contribution in [0.2, 0.25) is 0 Å². The number of ketones is 2. The molecule has 1 rings (SSSR count). The van der Waals surface area contributed by atoms with Gasteiger partial charge in [0.1, 0.15) is 0 Å². The number of hydrogen-bond donors (Lipinski definition) is 0. The minimum atomic E-state index is -0.260. The van der Waals surface area contributed by atoms with E-state index in [0.29, 0.717) is 10.5 Å². The van der Waals surface area contributed by atoms with Gasteiger partial charge in [-0.3, -0.25) is 9.59 Å². The molecule has 0 N–H and O–H groups in total. The molecular weight excluding hydrogens is 220 g/mol. The van der Waals surface area contributed by atoms with Crippen LogP contribution in [0.4, 0.5) is 0 Å². The van der Waals surface area contributed by atoms with Crippen molar-refractivity contribution < 1.29 is 9.59 Å². The molecule has 0 heterocycles. The number of carbonyl (C=O) groups excluding carboxylic acids is 2. The predicted molar refractivity (Wildman–Crippen MR) is 68.4 cm³/mol. The average molecular weight is 238 g/mol. The van der Waals surface area contributed by atoms with E-state index in [4.69, 9.17) is 0 Å². The van der Waals surface area contributed by atoms with Gasteiger partial charge in [-0.15, -0.1) is 11.8 Å². The first-order valence-corrected chi connectivity index (χ1v) is 6.50. The molecule has 0 aliphatic heterocycles. The molecule has 2 nitrogen and oxygen atoms in total. The highest BCUT2D eigenvalue weighted by atomic mass is 32.2. The van der Waals surface area contributed by atoms with E-state index in [-0.39, 0.29) is 17.0 Å². The van der Waals surface area contributed by atoms with Crippen LogP contribution in [0.1, 0.15) is 34.1 Å². The molecule has 0 bridgehead atoms. The van der Waals surface area contributed by atoms with E-state index in [1.165, 1.54) is 23.9 Å². The van der Waals surface area contributed by atoms with Gasteiger partial charge in [-0.1, -0.05) is 27.7 Å². The van der Waals surface area contributed by atoms with Crippen molar-refractivity contribution in [2.24, 2.45) is 5.41 Å². The molecule has 1 aliphatic rings. The zero-order valence-electron chi connectivity index (χ0n) is 10.3. The highest BCUT2D eigenvalue weighted by Gasteiger charge is 2.28. The molecule has 0 aromatic carbocycles. The third kappa shape index (κ3) is 3.08. The lowest BCUT2D eigenvalue weighted by atomic mass is 9.81. The number of allylic oxidation sites excluding steroid dienone is 4. The standard InChI is InChI=1S/C13H18O2S/c1-5-6-16-12-8-10(14)9(7-11(12)15)13(2,3)4/h7-8H,5-6H2,1-4H3. The first-order valence-electron chi connectivity index (χ1n) is 5.51. The third-order valence-corrected chi connectivity index (χ3v) is 3.56. The summed E-state index contributed by atoms with van der Waals surface area (Å²) in [6.45, 7) is 7.89. The van der Waals surface area contributed by atoms with E-state index in [2.05, 4.69) is 6.92 Å². The second-order valence-electron chi connectivity index (χ2n) is 4.89. The van der Waals surface area contributed by atoms with Crippen LogP contribution in [-0.4, -0.2) is 17.3 Å². The van der Waals surface area contributed by atoms with Gasteiger partial charge in [0.15, 0.2) is 11.6 Å². The van der Waals surface area contributed by atoms with Gasteiger partial charge >= 0.3 is 0 Å². The first kappa shape index (κ1) is 13.2. The monoisotopic (exact) mass is 238 g/mol. The van der Waals surface area contributed by atoms with Crippen LogP contribution in [0.15, 0.2) is 22.6 Å². The summed E-state index contributed by atoms with van der Waals surface area (Å²) < 4.78 is 0. The lowest BCUT2D eigenvalue weighted by Crippen LogP contribution is -2.22. The smallest absolute Gasteiger partial charge is 0.192 e. The summed E-state index contributed by atoms with van der Waals surface area (Å²) in [4.78, 5) is 24.2. The molecule has 0 amide bonds. The second-order valence-corrected chi connectivity index (χ2v) is 6.03. The summed E-state index contributed by atoms with van der Waals surface area (Å²) in [6.07, 6.45) is 3.99. The second kappa shape index (κ2) is 5.00. The number of carbonyl (C=O) groups is 2. The van der Waals surface area contributed by atoms with Gasteiger partial charge in [0.2, 0.25) is 0 Å². The Kier molecular flexibility index (Phi) is 4.14. The van der Waals surface area contributed by atoms with Gasteiger partial charge in [0, 0.05) is 11.6 Å². The molecule has 0 aromatic rings. The lowest BCUT2D eigenvalue weighted by Gasteiger charge is -2.23. The SMILES string of the molecule is CCCSC1=CC(=O)C(C(C)(C)C)=CC1=O. The molecular formula is C13H18O2S. The summed E-state index contributed by atoms with van der Waals surface area (Å²) in [5, 5.41) is 0. The maximum Gasteiger partial charge on any atom is 0.192 e. The average Bonchev–Trinajstić information content (AvgIpc) is 2.17. The first-order chi connectivity index (χ1) is 7.36. The Morgan fingerprint density at radius 1 is 1.12 bits per heavy atom. The summed E-state index contributed by atoms with van der Waals surface area (Å²) in [7, 11) is 0. The summed E-state index contributed by atoms with van der Waals surface area (Å²) in [5.41, 5.74) is 0.350. The van der Waals surface area contributed by atoms with Crippen LogP contribution in [-0.2, 0) is 9.59 Å². The van der Waals surface area contributed by atoms with Gasteiger partial charge in [-0.05, 0) is 23.7 Å². The van der Waals surface area contributed by atoms with E-state index in [1.807, 2.05) is 20.8 Å². The van der Waals surface area contributed by atoms with Crippen molar-refractivity contribution in [3.8, 4) is 0 Å². The molecule has 0 saturated carbocycles. The van der Waals surface area contributed by atoms with E-state index >= 15 is 0 Å². The fourth-order valence-electron chi connectivity index (χ4n) is 1.45. The fraction of sp³-hybridized carbons (Fsp3) is 0.538. The number of rotatable bonds is 3. The third-order valence-electron chi connectivity index (χ3n) is 2.32. The van der Waals surface area contributed by atoms with Crippen molar-refractivity contribution in [1.29, 1.82) is 0 Å². The summed E-state index contributed by atoms with van der Waals surface area (Å²) in [6, 6.07) is 0. The minimum Gasteiger partial charge on any atom is -0.290 e. The van der Waals surface area contributed by atoms with E-state index in [0.717, 1.165) is 12.2 Å². The highest BCUT2D eigenvalue weighted by molar-refractivity contribution is 8.04. The van der Waals surface area contributed by atoms with Crippen molar-refractivity contribution in [3.63, 3.8) is 0 Å². The maximum absolute atomic E-state index is 11.8. The quantitative estimate of drug-likeness (QED) is 0.708.